The number of imidazole rings is 1. The summed E-state index contributed by atoms with van der Waals surface area (Å²) in [5.41, 5.74) is 1.93. The first-order valence-corrected chi connectivity index (χ1v) is 21.0. The summed E-state index contributed by atoms with van der Waals surface area (Å²) in [6.45, 7) is 5.05. The molecule has 300 valence electrons. The molecule has 16 nitrogen and oxygen atoms in total. The Morgan fingerprint density at radius 1 is 1.00 bits per heavy atom. The monoisotopic (exact) mass is 816 g/mol. The average molecular weight is 817 g/mol. The number of piperidine rings is 2. The maximum Gasteiger partial charge on any atom is 0.329 e. The van der Waals surface area contributed by atoms with Gasteiger partial charge in [0.2, 0.25) is 27.8 Å². The van der Waals surface area contributed by atoms with Gasteiger partial charge in [0, 0.05) is 75.0 Å². The van der Waals surface area contributed by atoms with E-state index in [9.17, 15) is 27.6 Å². The van der Waals surface area contributed by atoms with E-state index in [0.717, 1.165) is 31.2 Å². The molecule has 0 spiro atoms. The number of amides is 2. The lowest BCUT2D eigenvalue weighted by molar-refractivity contribution is -0.135. The Balaban J connectivity index is 0.849. The summed E-state index contributed by atoms with van der Waals surface area (Å²) in [4.78, 5) is 58.9. The Bertz CT molecular complexity index is 2640. The number of imide groups is 1. The summed E-state index contributed by atoms with van der Waals surface area (Å²) >= 11 is 6.14. The van der Waals surface area contributed by atoms with Crippen LogP contribution in [-0.2, 0) is 33.2 Å². The minimum absolute atomic E-state index is 0.0398. The van der Waals surface area contributed by atoms with Crippen molar-refractivity contribution in [3.63, 3.8) is 0 Å². The number of benzene rings is 1. The number of aromatic nitrogens is 7. The third kappa shape index (κ3) is 8.39. The van der Waals surface area contributed by atoms with Crippen LogP contribution in [0.4, 0.5) is 5.95 Å². The number of sulfonamides is 1. The van der Waals surface area contributed by atoms with Crippen LogP contribution in [0.2, 0.25) is 5.02 Å². The molecule has 2 aliphatic rings. The van der Waals surface area contributed by atoms with E-state index in [1.807, 2.05) is 26.0 Å². The van der Waals surface area contributed by atoms with Crippen LogP contribution in [0.5, 0.6) is 0 Å². The minimum atomic E-state index is -3.70. The second-order valence-electron chi connectivity index (χ2n) is 14.8. The molecular weight excluding hydrogens is 772 g/mol. The van der Waals surface area contributed by atoms with Crippen LogP contribution >= 0.6 is 11.6 Å². The molecule has 2 fully saturated rings. The second kappa shape index (κ2) is 16.7. The number of halogens is 1. The highest BCUT2D eigenvalue weighted by atomic mass is 35.5. The maximum absolute atomic E-state index is 13.5. The lowest BCUT2D eigenvalue weighted by atomic mass is 10.1. The summed E-state index contributed by atoms with van der Waals surface area (Å²) in [6.07, 6.45) is 10.6. The zero-order valence-electron chi connectivity index (χ0n) is 32.1. The molecule has 18 heteroatoms. The Morgan fingerprint density at radius 3 is 2.53 bits per heavy atom. The number of hydrogen-bond acceptors (Lipinski definition) is 10. The molecule has 2 aliphatic heterocycles. The first-order valence-electron chi connectivity index (χ1n) is 19.2. The van der Waals surface area contributed by atoms with Gasteiger partial charge in [0.1, 0.15) is 21.6 Å². The number of aryl methyl sites for hydroxylation is 2. The molecular formula is C39H45ClN10O6S. The number of nitrogens with one attached hydrogen (secondary N) is 2. The molecule has 2 N–H and O–H groups in total. The highest BCUT2D eigenvalue weighted by molar-refractivity contribution is 7.89. The van der Waals surface area contributed by atoms with Gasteiger partial charge < -0.3 is 5.32 Å². The fourth-order valence-corrected chi connectivity index (χ4v) is 9.12. The topological polar surface area (TPSA) is 188 Å². The van der Waals surface area contributed by atoms with Crippen molar-refractivity contribution in [2.24, 2.45) is 7.05 Å². The fraction of sp³-hybridized carbons (Fsp3) is 0.462. The number of pyridine rings is 1. The first kappa shape index (κ1) is 39.9. The van der Waals surface area contributed by atoms with Crippen molar-refractivity contribution in [2.45, 2.75) is 101 Å². The Morgan fingerprint density at radius 2 is 1.77 bits per heavy atom. The number of hydrogen-bond donors (Lipinski definition) is 2. The Hall–Kier alpha value is -5.31. The zero-order valence-corrected chi connectivity index (χ0v) is 33.6. The Labute approximate surface area is 334 Å². The van der Waals surface area contributed by atoms with Crippen molar-refractivity contribution in [1.82, 2.24) is 43.1 Å². The summed E-state index contributed by atoms with van der Waals surface area (Å²) in [5, 5.41) is 10.7. The first-order chi connectivity index (χ1) is 27.3. The zero-order chi connectivity index (χ0) is 40.4. The lowest BCUT2D eigenvalue weighted by Crippen LogP contribution is -2.44. The number of fused-ring (bicyclic) bond motifs is 2. The summed E-state index contributed by atoms with van der Waals surface area (Å²) in [6, 6.07) is 6.13. The fourth-order valence-electron chi connectivity index (χ4n) is 7.48. The largest absolute Gasteiger partial charge is 0.351 e. The SMILES string of the molecule is CC(C)n1c(=O)c(Cl)cc2cnc(NC3CCN(S(=O)(=O)c4cnn(CCCCCCC#Cc5ccc6c(c5)n(C)c(=O)n6C5CCC(=O)NC5=O)c4)CC3)nc21. The van der Waals surface area contributed by atoms with Gasteiger partial charge >= 0.3 is 5.69 Å². The normalized spacial score (nSPS) is 17.0. The molecule has 6 heterocycles. The van der Waals surface area contributed by atoms with Crippen LogP contribution in [0.1, 0.15) is 89.3 Å². The van der Waals surface area contributed by atoms with E-state index in [0.29, 0.717) is 66.9 Å². The lowest BCUT2D eigenvalue weighted by Gasteiger charge is -2.31. The minimum Gasteiger partial charge on any atom is -0.351 e. The highest BCUT2D eigenvalue weighted by Gasteiger charge is 2.32. The number of anilines is 1. The molecule has 0 bridgehead atoms. The van der Waals surface area contributed by atoms with E-state index in [-0.39, 0.29) is 52.0 Å². The number of rotatable bonds is 12. The van der Waals surface area contributed by atoms with Gasteiger partial charge in [-0.1, -0.05) is 36.3 Å². The van der Waals surface area contributed by atoms with Crippen molar-refractivity contribution in [3.8, 4) is 11.8 Å². The van der Waals surface area contributed by atoms with E-state index in [1.54, 1.807) is 40.8 Å². The third-order valence-corrected chi connectivity index (χ3v) is 12.7. The van der Waals surface area contributed by atoms with Crippen LogP contribution in [0.3, 0.4) is 0 Å². The van der Waals surface area contributed by atoms with Gasteiger partial charge in [-0.3, -0.25) is 38.1 Å². The average Bonchev–Trinajstić information content (AvgIpc) is 3.76. The molecule has 57 heavy (non-hydrogen) atoms. The summed E-state index contributed by atoms with van der Waals surface area (Å²) < 4.78 is 34.6. The van der Waals surface area contributed by atoms with E-state index < -0.39 is 22.0 Å². The predicted octanol–water partition coefficient (Wildman–Crippen LogP) is 4.12. The van der Waals surface area contributed by atoms with Gasteiger partial charge in [0.15, 0.2) is 0 Å². The number of unbranched alkanes of at least 4 members (excludes halogenated alkanes) is 4. The van der Waals surface area contributed by atoms with Crippen LogP contribution < -0.4 is 21.9 Å². The van der Waals surface area contributed by atoms with Crippen LogP contribution in [-0.4, -0.2) is 77.1 Å². The molecule has 7 rings (SSSR count). The van der Waals surface area contributed by atoms with Gasteiger partial charge in [0.05, 0.1) is 17.2 Å². The number of carbonyl (C=O) groups excluding carboxylic acids is 2. The third-order valence-electron chi connectivity index (χ3n) is 10.6. The van der Waals surface area contributed by atoms with Crippen molar-refractivity contribution >= 4 is 61.5 Å². The van der Waals surface area contributed by atoms with E-state index in [2.05, 4.69) is 37.5 Å². The second-order valence-corrected chi connectivity index (χ2v) is 17.2. The van der Waals surface area contributed by atoms with Crippen LogP contribution in [0.15, 0.2) is 57.3 Å². The molecule has 1 atom stereocenters. The van der Waals surface area contributed by atoms with Crippen molar-refractivity contribution < 1.29 is 18.0 Å². The Kier molecular flexibility index (Phi) is 11.7. The van der Waals surface area contributed by atoms with Gasteiger partial charge in [-0.2, -0.15) is 14.4 Å². The quantitative estimate of drug-likeness (QED) is 0.105. The van der Waals surface area contributed by atoms with Crippen LogP contribution in [0.25, 0.3) is 22.1 Å². The van der Waals surface area contributed by atoms with Crippen LogP contribution in [0, 0.1) is 11.8 Å². The molecule has 2 amide bonds. The predicted molar refractivity (Wildman–Crippen MR) is 215 cm³/mol. The van der Waals surface area contributed by atoms with E-state index >= 15 is 0 Å². The van der Waals surface area contributed by atoms with Crippen molar-refractivity contribution in [3.05, 3.63) is 74.3 Å². The molecule has 4 aromatic heterocycles. The van der Waals surface area contributed by atoms with Gasteiger partial charge in [-0.15, -0.1) is 0 Å². The molecule has 2 saturated heterocycles. The number of carbonyl (C=O) groups is 2. The summed E-state index contributed by atoms with van der Waals surface area (Å²) in [7, 11) is -2.04. The number of nitrogens with zero attached hydrogens (tertiary/aromatic N) is 8. The van der Waals surface area contributed by atoms with Gasteiger partial charge in [0.25, 0.3) is 5.56 Å². The van der Waals surface area contributed by atoms with Gasteiger partial charge in [-0.25, -0.2) is 18.2 Å². The maximum atomic E-state index is 13.5. The molecule has 0 saturated carbocycles. The van der Waals surface area contributed by atoms with E-state index in [1.165, 1.54) is 19.6 Å². The van der Waals surface area contributed by atoms with Crippen molar-refractivity contribution in [2.75, 3.05) is 18.4 Å². The highest BCUT2D eigenvalue weighted by Crippen LogP contribution is 2.25. The van der Waals surface area contributed by atoms with E-state index in [4.69, 9.17) is 11.6 Å². The van der Waals surface area contributed by atoms with Gasteiger partial charge in [-0.05, 0) is 70.2 Å². The molecule has 1 unspecified atom stereocenters. The smallest absolute Gasteiger partial charge is 0.329 e. The molecule has 0 radical (unpaired) electrons. The molecule has 0 aliphatic carbocycles. The van der Waals surface area contributed by atoms with Crippen molar-refractivity contribution in [1.29, 1.82) is 0 Å². The molecule has 5 aromatic rings. The summed E-state index contributed by atoms with van der Waals surface area (Å²) in [5.74, 6) is 5.97. The standard InChI is InChI=1S/C39H45ClN10O6S/c1-25(2)49-35-27(21-30(40)37(49)53)22-41-38(45-35)43-28-15-18-48(19-16-28)57(55,56)29-23-42-47(24-29)17-9-7-5-4-6-8-10-26-11-12-31-33(20-26)46(3)39(54)50(31)32-13-14-34(51)44-36(32)52/h11-12,20-25,28,32H,4-7,9,13-19H2,1-3H3,(H,41,43,45)(H,44,51,52). The molecule has 1 aromatic carbocycles.